The Morgan fingerprint density at radius 3 is 1.44 bits per heavy atom. The van der Waals surface area contributed by atoms with E-state index in [2.05, 4.69) is 133 Å². The summed E-state index contributed by atoms with van der Waals surface area (Å²) in [6.07, 6.45) is 0. The zero-order valence-electron chi connectivity index (χ0n) is 18.0. The monoisotopic (exact) mass is 409 g/mol. The van der Waals surface area contributed by atoms with Crippen molar-refractivity contribution in [1.82, 2.24) is 0 Å². The highest BCUT2D eigenvalue weighted by atomic mass is 15.1. The Morgan fingerprint density at radius 1 is 0.406 bits per heavy atom. The summed E-state index contributed by atoms with van der Waals surface area (Å²) in [4.78, 5) is 2.37. The second-order valence-electron chi connectivity index (χ2n) is 8.28. The van der Waals surface area contributed by atoms with E-state index >= 15 is 0 Å². The number of rotatable bonds is 3. The molecule has 0 atom stereocenters. The molecule has 0 heterocycles. The molecule has 0 spiro atoms. The molecule has 0 radical (unpaired) electrons. The SMILES string of the molecule is Cc1cc2c3ccccc3c(N(c3ccccc3)c3ccccc3)cc2c2ccccc12. The fourth-order valence-electron chi connectivity index (χ4n) is 4.88. The van der Waals surface area contributed by atoms with E-state index in [0.29, 0.717) is 0 Å². The lowest BCUT2D eigenvalue weighted by atomic mass is 9.93. The van der Waals surface area contributed by atoms with Gasteiger partial charge in [-0.05, 0) is 69.8 Å². The number of anilines is 3. The first kappa shape index (κ1) is 18.7. The standard InChI is InChI=1S/C31H23N/c1-22-20-29-27-18-10-11-19-28(27)31(21-30(29)26-17-9-8-16-25(22)26)32(23-12-4-2-5-13-23)24-14-6-3-7-15-24/h2-21H,1H3. The molecule has 1 heteroatoms. The van der Waals surface area contributed by atoms with Crippen molar-refractivity contribution < 1.29 is 0 Å². The van der Waals surface area contributed by atoms with E-state index in [1.165, 1.54) is 43.6 Å². The maximum absolute atomic E-state index is 2.37. The highest BCUT2D eigenvalue weighted by Crippen LogP contribution is 2.43. The summed E-state index contributed by atoms with van der Waals surface area (Å²) in [6.45, 7) is 2.21. The summed E-state index contributed by atoms with van der Waals surface area (Å²) >= 11 is 0. The van der Waals surface area contributed by atoms with Gasteiger partial charge in [-0.15, -0.1) is 0 Å². The number of fused-ring (bicyclic) bond motifs is 5. The first-order valence-corrected chi connectivity index (χ1v) is 11.1. The molecule has 6 aromatic rings. The van der Waals surface area contributed by atoms with Gasteiger partial charge in [-0.1, -0.05) is 91.0 Å². The molecule has 0 N–H and O–H groups in total. The molecule has 0 aliphatic carbocycles. The second kappa shape index (κ2) is 7.55. The van der Waals surface area contributed by atoms with Gasteiger partial charge in [0.15, 0.2) is 0 Å². The van der Waals surface area contributed by atoms with Crippen LogP contribution in [0.3, 0.4) is 0 Å². The minimum atomic E-state index is 1.15. The Balaban J connectivity index is 1.78. The Labute approximate surface area is 188 Å². The normalized spacial score (nSPS) is 11.3. The van der Waals surface area contributed by atoms with Crippen molar-refractivity contribution in [3.8, 4) is 0 Å². The predicted molar refractivity (Wildman–Crippen MR) is 138 cm³/mol. The largest absolute Gasteiger partial charge is 0.310 e. The number of hydrogen-bond donors (Lipinski definition) is 0. The van der Waals surface area contributed by atoms with Gasteiger partial charge in [-0.25, -0.2) is 0 Å². The number of para-hydroxylation sites is 2. The van der Waals surface area contributed by atoms with E-state index in [9.17, 15) is 0 Å². The van der Waals surface area contributed by atoms with Crippen molar-refractivity contribution in [2.45, 2.75) is 6.92 Å². The van der Waals surface area contributed by atoms with Gasteiger partial charge in [0.25, 0.3) is 0 Å². The van der Waals surface area contributed by atoms with E-state index < -0.39 is 0 Å². The van der Waals surface area contributed by atoms with Crippen molar-refractivity contribution in [3.63, 3.8) is 0 Å². The molecule has 1 nitrogen and oxygen atoms in total. The summed E-state index contributed by atoms with van der Waals surface area (Å²) in [6, 6.07) is 43.5. The number of aryl methyl sites for hydroxylation is 1. The van der Waals surface area contributed by atoms with E-state index in [-0.39, 0.29) is 0 Å². The molecule has 0 amide bonds. The van der Waals surface area contributed by atoms with Gasteiger partial charge in [-0.2, -0.15) is 0 Å². The Bertz CT molecular complexity index is 1530. The average molecular weight is 410 g/mol. The zero-order chi connectivity index (χ0) is 21.5. The van der Waals surface area contributed by atoms with Crippen LogP contribution >= 0.6 is 0 Å². The van der Waals surface area contributed by atoms with Gasteiger partial charge in [-0.3, -0.25) is 0 Å². The van der Waals surface area contributed by atoms with Crippen molar-refractivity contribution in [3.05, 3.63) is 127 Å². The second-order valence-corrected chi connectivity index (χ2v) is 8.28. The van der Waals surface area contributed by atoms with Crippen molar-refractivity contribution in [2.75, 3.05) is 4.90 Å². The van der Waals surface area contributed by atoms with Gasteiger partial charge < -0.3 is 4.90 Å². The molecule has 0 saturated carbocycles. The zero-order valence-corrected chi connectivity index (χ0v) is 18.0. The van der Waals surface area contributed by atoms with Gasteiger partial charge in [0.05, 0.1) is 5.69 Å². The van der Waals surface area contributed by atoms with Crippen LogP contribution in [0.25, 0.3) is 32.3 Å². The number of hydrogen-bond acceptors (Lipinski definition) is 1. The summed E-state index contributed by atoms with van der Waals surface area (Å²) in [7, 11) is 0. The third-order valence-electron chi connectivity index (χ3n) is 6.34. The topological polar surface area (TPSA) is 3.24 Å². The maximum atomic E-state index is 2.37. The van der Waals surface area contributed by atoms with Gasteiger partial charge in [0, 0.05) is 16.8 Å². The van der Waals surface area contributed by atoms with Gasteiger partial charge in [0.1, 0.15) is 0 Å². The first-order valence-electron chi connectivity index (χ1n) is 11.1. The van der Waals surface area contributed by atoms with Crippen LogP contribution in [-0.2, 0) is 0 Å². The van der Waals surface area contributed by atoms with Gasteiger partial charge >= 0.3 is 0 Å². The van der Waals surface area contributed by atoms with Crippen LogP contribution in [0.1, 0.15) is 5.56 Å². The predicted octanol–water partition coefficient (Wildman–Crippen LogP) is 8.92. The Kier molecular flexibility index (Phi) is 4.40. The lowest BCUT2D eigenvalue weighted by Gasteiger charge is -2.27. The third kappa shape index (κ3) is 2.94. The van der Waals surface area contributed by atoms with Crippen LogP contribution in [0.5, 0.6) is 0 Å². The highest BCUT2D eigenvalue weighted by molar-refractivity contribution is 6.22. The summed E-state index contributed by atoms with van der Waals surface area (Å²) in [5.41, 5.74) is 4.81. The fraction of sp³-hybridized carbons (Fsp3) is 0.0323. The molecular formula is C31H23N. The molecule has 6 aromatic carbocycles. The van der Waals surface area contributed by atoms with E-state index in [1.54, 1.807) is 0 Å². The fourth-order valence-corrected chi connectivity index (χ4v) is 4.88. The smallest absolute Gasteiger partial charge is 0.0546 e. The maximum Gasteiger partial charge on any atom is 0.0546 e. The van der Waals surface area contributed by atoms with Crippen LogP contribution < -0.4 is 4.90 Å². The molecule has 6 rings (SSSR count). The molecule has 0 unspecified atom stereocenters. The van der Waals surface area contributed by atoms with Crippen LogP contribution in [-0.4, -0.2) is 0 Å². The molecule has 0 fully saturated rings. The minimum Gasteiger partial charge on any atom is -0.310 e. The Hall–Kier alpha value is -4.10. The molecular weight excluding hydrogens is 386 g/mol. The lowest BCUT2D eigenvalue weighted by molar-refractivity contribution is 1.30. The van der Waals surface area contributed by atoms with Gasteiger partial charge in [0.2, 0.25) is 0 Å². The molecule has 152 valence electrons. The van der Waals surface area contributed by atoms with E-state index in [0.717, 1.165) is 11.4 Å². The Morgan fingerprint density at radius 2 is 0.844 bits per heavy atom. The summed E-state index contributed by atoms with van der Waals surface area (Å²) < 4.78 is 0. The van der Waals surface area contributed by atoms with E-state index in [1.807, 2.05) is 0 Å². The third-order valence-corrected chi connectivity index (χ3v) is 6.34. The first-order chi connectivity index (χ1) is 15.8. The summed E-state index contributed by atoms with van der Waals surface area (Å²) in [5, 5.41) is 7.74. The highest BCUT2D eigenvalue weighted by Gasteiger charge is 2.18. The molecule has 0 saturated heterocycles. The lowest BCUT2D eigenvalue weighted by Crippen LogP contribution is -2.10. The van der Waals surface area contributed by atoms with Crippen LogP contribution in [0.4, 0.5) is 17.1 Å². The number of benzene rings is 6. The van der Waals surface area contributed by atoms with Crippen LogP contribution in [0.15, 0.2) is 121 Å². The summed E-state index contributed by atoms with van der Waals surface area (Å²) in [5.74, 6) is 0. The molecule has 0 aromatic heterocycles. The van der Waals surface area contributed by atoms with Crippen molar-refractivity contribution in [1.29, 1.82) is 0 Å². The van der Waals surface area contributed by atoms with Crippen molar-refractivity contribution in [2.24, 2.45) is 0 Å². The number of nitrogens with zero attached hydrogens (tertiary/aromatic N) is 1. The molecule has 0 aliphatic heterocycles. The molecule has 0 aliphatic rings. The van der Waals surface area contributed by atoms with Crippen LogP contribution in [0.2, 0.25) is 0 Å². The molecule has 32 heavy (non-hydrogen) atoms. The molecule has 0 bridgehead atoms. The minimum absolute atomic E-state index is 1.15. The van der Waals surface area contributed by atoms with E-state index in [4.69, 9.17) is 0 Å². The quantitative estimate of drug-likeness (QED) is 0.264. The van der Waals surface area contributed by atoms with Crippen LogP contribution in [0, 0.1) is 6.92 Å². The average Bonchev–Trinajstić information content (AvgIpc) is 2.86. The van der Waals surface area contributed by atoms with Crippen molar-refractivity contribution >= 4 is 49.4 Å².